The SMILES string of the molecule is CCOC(=O)C[C@H]1CCOc2cc(OC)ccc21. The zero-order valence-corrected chi connectivity index (χ0v) is 10.8. The molecule has 0 unspecified atom stereocenters. The molecule has 2 rings (SSSR count). The highest BCUT2D eigenvalue weighted by Gasteiger charge is 2.24. The molecule has 0 saturated carbocycles. The van der Waals surface area contributed by atoms with Crippen molar-refractivity contribution in [3.05, 3.63) is 23.8 Å². The van der Waals surface area contributed by atoms with E-state index in [2.05, 4.69) is 0 Å². The molecule has 0 bridgehead atoms. The van der Waals surface area contributed by atoms with Crippen molar-refractivity contribution in [2.24, 2.45) is 0 Å². The molecule has 0 N–H and O–H groups in total. The molecule has 1 heterocycles. The van der Waals surface area contributed by atoms with E-state index in [4.69, 9.17) is 14.2 Å². The largest absolute Gasteiger partial charge is 0.497 e. The number of methoxy groups -OCH3 is 1. The lowest BCUT2D eigenvalue weighted by atomic mass is 9.90. The summed E-state index contributed by atoms with van der Waals surface area (Å²) in [5.41, 5.74) is 1.06. The zero-order valence-electron chi connectivity index (χ0n) is 10.8. The van der Waals surface area contributed by atoms with Crippen LogP contribution in [0.1, 0.15) is 31.2 Å². The minimum atomic E-state index is -0.147. The van der Waals surface area contributed by atoms with E-state index in [0.29, 0.717) is 19.6 Å². The summed E-state index contributed by atoms with van der Waals surface area (Å²) >= 11 is 0. The first-order chi connectivity index (χ1) is 8.74. The van der Waals surface area contributed by atoms with Gasteiger partial charge in [0.05, 0.1) is 26.7 Å². The molecule has 0 amide bonds. The van der Waals surface area contributed by atoms with Gasteiger partial charge in [-0.1, -0.05) is 6.07 Å². The smallest absolute Gasteiger partial charge is 0.306 e. The maximum Gasteiger partial charge on any atom is 0.306 e. The molecule has 1 aromatic carbocycles. The van der Waals surface area contributed by atoms with Gasteiger partial charge in [0.1, 0.15) is 11.5 Å². The summed E-state index contributed by atoms with van der Waals surface area (Å²) in [5, 5.41) is 0. The lowest BCUT2D eigenvalue weighted by Gasteiger charge is -2.25. The first kappa shape index (κ1) is 12.7. The number of ether oxygens (including phenoxy) is 3. The average Bonchev–Trinajstić information content (AvgIpc) is 2.38. The van der Waals surface area contributed by atoms with Crippen LogP contribution in [-0.2, 0) is 9.53 Å². The molecule has 4 nitrogen and oxygen atoms in total. The fourth-order valence-electron chi connectivity index (χ4n) is 2.20. The molecule has 98 valence electrons. The second-order valence-corrected chi connectivity index (χ2v) is 4.25. The van der Waals surface area contributed by atoms with E-state index in [1.165, 1.54) is 0 Å². The van der Waals surface area contributed by atoms with Crippen LogP contribution in [-0.4, -0.2) is 26.3 Å². The Hall–Kier alpha value is -1.71. The Morgan fingerprint density at radius 2 is 2.33 bits per heavy atom. The molecule has 4 heteroatoms. The Kier molecular flexibility index (Phi) is 4.07. The molecule has 0 aliphatic carbocycles. The quantitative estimate of drug-likeness (QED) is 0.770. The molecule has 0 saturated heterocycles. The average molecular weight is 250 g/mol. The van der Waals surface area contributed by atoms with Crippen LogP contribution < -0.4 is 9.47 Å². The minimum Gasteiger partial charge on any atom is -0.497 e. The van der Waals surface area contributed by atoms with E-state index in [1.54, 1.807) is 7.11 Å². The zero-order chi connectivity index (χ0) is 13.0. The van der Waals surface area contributed by atoms with Crippen molar-refractivity contribution < 1.29 is 19.0 Å². The summed E-state index contributed by atoms with van der Waals surface area (Å²) in [5.74, 6) is 1.62. The predicted octanol–water partition coefficient (Wildman–Crippen LogP) is 2.51. The van der Waals surface area contributed by atoms with Gasteiger partial charge < -0.3 is 14.2 Å². The molecule has 0 aromatic heterocycles. The van der Waals surface area contributed by atoms with Crippen molar-refractivity contribution in [1.82, 2.24) is 0 Å². The number of hydrogen-bond acceptors (Lipinski definition) is 4. The number of carbonyl (C=O) groups is 1. The molecule has 1 aliphatic heterocycles. The normalized spacial score (nSPS) is 17.6. The van der Waals surface area contributed by atoms with Crippen LogP contribution in [0.2, 0.25) is 0 Å². The molecule has 1 atom stereocenters. The number of benzene rings is 1. The molecular formula is C14H18O4. The van der Waals surface area contributed by atoms with Gasteiger partial charge in [-0.2, -0.15) is 0 Å². The van der Waals surface area contributed by atoms with Crippen molar-refractivity contribution in [1.29, 1.82) is 0 Å². The second kappa shape index (κ2) is 5.76. The van der Waals surface area contributed by atoms with Gasteiger partial charge in [-0.05, 0) is 25.0 Å². The maximum atomic E-state index is 11.6. The second-order valence-electron chi connectivity index (χ2n) is 4.25. The lowest BCUT2D eigenvalue weighted by Crippen LogP contribution is -2.18. The van der Waals surface area contributed by atoms with Gasteiger partial charge in [0, 0.05) is 12.0 Å². The van der Waals surface area contributed by atoms with Crippen LogP contribution >= 0.6 is 0 Å². The van der Waals surface area contributed by atoms with E-state index in [9.17, 15) is 4.79 Å². The van der Waals surface area contributed by atoms with Gasteiger partial charge in [-0.25, -0.2) is 0 Å². The van der Waals surface area contributed by atoms with Crippen molar-refractivity contribution in [2.45, 2.75) is 25.7 Å². The predicted molar refractivity (Wildman–Crippen MR) is 67.1 cm³/mol. The van der Waals surface area contributed by atoms with Crippen LogP contribution in [0.25, 0.3) is 0 Å². The van der Waals surface area contributed by atoms with Gasteiger partial charge >= 0.3 is 5.97 Å². The van der Waals surface area contributed by atoms with E-state index >= 15 is 0 Å². The maximum absolute atomic E-state index is 11.6. The molecule has 0 spiro atoms. The van der Waals surface area contributed by atoms with E-state index in [-0.39, 0.29) is 11.9 Å². The Morgan fingerprint density at radius 3 is 3.06 bits per heavy atom. The van der Waals surface area contributed by atoms with Gasteiger partial charge in [0.15, 0.2) is 0 Å². The Morgan fingerprint density at radius 1 is 1.50 bits per heavy atom. The lowest BCUT2D eigenvalue weighted by molar-refractivity contribution is -0.143. The molecule has 0 radical (unpaired) electrons. The third kappa shape index (κ3) is 2.75. The summed E-state index contributed by atoms with van der Waals surface area (Å²) < 4.78 is 15.8. The van der Waals surface area contributed by atoms with Crippen molar-refractivity contribution in [3.63, 3.8) is 0 Å². The fourth-order valence-corrected chi connectivity index (χ4v) is 2.20. The summed E-state index contributed by atoms with van der Waals surface area (Å²) in [6.45, 7) is 2.88. The van der Waals surface area contributed by atoms with E-state index in [0.717, 1.165) is 23.5 Å². The van der Waals surface area contributed by atoms with Crippen LogP contribution in [0.5, 0.6) is 11.5 Å². The van der Waals surface area contributed by atoms with Crippen LogP contribution in [0.3, 0.4) is 0 Å². The van der Waals surface area contributed by atoms with Crippen LogP contribution in [0.4, 0.5) is 0 Å². The molecule has 1 aliphatic rings. The third-order valence-electron chi connectivity index (χ3n) is 3.10. The molecular weight excluding hydrogens is 232 g/mol. The molecule has 1 aromatic rings. The first-order valence-electron chi connectivity index (χ1n) is 6.21. The number of rotatable bonds is 4. The Bertz CT molecular complexity index is 428. The Labute approximate surface area is 107 Å². The molecule has 0 fully saturated rings. The van der Waals surface area contributed by atoms with Gasteiger partial charge in [-0.3, -0.25) is 4.79 Å². The monoisotopic (exact) mass is 250 g/mol. The van der Waals surface area contributed by atoms with Gasteiger partial charge in [0.25, 0.3) is 0 Å². The fraction of sp³-hybridized carbons (Fsp3) is 0.500. The highest BCUT2D eigenvalue weighted by atomic mass is 16.5. The van der Waals surface area contributed by atoms with Crippen molar-refractivity contribution >= 4 is 5.97 Å². The highest BCUT2D eigenvalue weighted by Crippen LogP contribution is 2.38. The number of fused-ring (bicyclic) bond motifs is 1. The summed E-state index contributed by atoms with van der Waals surface area (Å²) in [6, 6.07) is 5.73. The van der Waals surface area contributed by atoms with Crippen LogP contribution in [0.15, 0.2) is 18.2 Å². The topological polar surface area (TPSA) is 44.8 Å². The number of esters is 1. The van der Waals surface area contributed by atoms with Gasteiger partial charge in [-0.15, -0.1) is 0 Å². The number of hydrogen-bond donors (Lipinski definition) is 0. The number of carbonyl (C=O) groups excluding carboxylic acids is 1. The highest BCUT2D eigenvalue weighted by molar-refractivity contribution is 5.71. The van der Waals surface area contributed by atoms with Crippen molar-refractivity contribution in [3.8, 4) is 11.5 Å². The first-order valence-corrected chi connectivity index (χ1v) is 6.21. The standard InChI is InChI=1S/C14H18O4/c1-3-17-14(15)8-10-6-7-18-13-9-11(16-2)4-5-12(10)13/h4-5,9-10H,3,6-8H2,1-2H3/t10-/m1/s1. The summed E-state index contributed by atoms with van der Waals surface area (Å²) in [7, 11) is 1.63. The molecule has 18 heavy (non-hydrogen) atoms. The Balaban J connectivity index is 2.15. The van der Waals surface area contributed by atoms with Crippen LogP contribution in [0, 0.1) is 0 Å². The van der Waals surface area contributed by atoms with E-state index < -0.39 is 0 Å². The van der Waals surface area contributed by atoms with Gasteiger partial charge in [0.2, 0.25) is 0 Å². The minimum absolute atomic E-state index is 0.147. The summed E-state index contributed by atoms with van der Waals surface area (Å²) in [6.07, 6.45) is 1.26. The van der Waals surface area contributed by atoms with E-state index in [1.807, 2.05) is 25.1 Å². The third-order valence-corrected chi connectivity index (χ3v) is 3.10. The van der Waals surface area contributed by atoms with Crippen molar-refractivity contribution in [2.75, 3.05) is 20.3 Å². The summed E-state index contributed by atoms with van der Waals surface area (Å²) in [4.78, 5) is 11.6.